The summed E-state index contributed by atoms with van der Waals surface area (Å²) >= 11 is 0. The maximum Gasteiger partial charge on any atom is 0.161 e. The number of Topliss-reactive ketones (excluding diaryl/α,β-unsaturated/α-hetero) is 1. The molecule has 0 bridgehead atoms. The lowest BCUT2D eigenvalue weighted by molar-refractivity contribution is 0.101. The summed E-state index contributed by atoms with van der Waals surface area (Å²) in [7, 11) is 0. The van der Waals surface area contributed by atoms with Crippen molar-refractivity contribution in [3.05, 3.63) is 66.5 Å². The molecule has 0 fully saturated rings. The van der Waals surface area contributed by atoms with Crippen molar-refractivity contribution in [3.8, 4) is 5.82 Å². The van der Waals surface area contributed by atoms with Gasteiger partial charge in [-0.2, -0.15) is 0 Å². The van der Waals surface area contributed by atoms with Crippen LogP contribution in [0.25, 0.3) is 27.8 Å². The molecule has 2 aromatic heterocycles. The Bertz CT molecular complexity index is 1020. The number of benzene rings is 2. The smallest absolute Gasteiger partial charge is 0.161 e. The van der Waals surface area contributed by atoms with Crippen molar-refractivity contribution in [2.45, 2.75) is 6.92 Å². The zero-order valence-electron chi connectivity index (χ0n) is 12.0. The van der Waals surface area contributed by atoms with Gasteiger partial charge >= 0.3 is 0 Å². The van der Waals surface area contributed by atoms with E-state index in [1.165, 1.54) is 0 Å². The number of rotatable bonds is 2. The first kappa shape index (κ1) is 12.7. The molecule has 22 heavy (non-hydrogen) atoms. The topological polar surface area (TPSA) is 47.8 Å². The van der Waals surface area contributed by atoms with Gasteiger partial charge in [0.1, 0.15) is 12.1 Å². The highest BCUT2D eigenvalue weighted by atomic mass is 16.1. The van der Waals surface area contributed by atoms with Gasteiger partial charge < -0.3 is 0 Å². The van der Waals surface area contributed by atoms with Crippen LogP contribution in [0.3, 0.4) is 0 Å². The fourth-order valence-electron chi connectivity index (χ4n) is 2.70. The summed E-state index contributed by atoms with van der Waals surface area (Å²) in [6.45, 7) is 1.57. The molecule has 0 atom stereocenters. The molecule has 0 radical (unpaired) electrons. The molecule has 2 aromatic carbocycles. The molecule has 4 heteroatoms. The van der Waals surface area contributed by atoms with Gasteiger partial charge in [0.15, 0.2) is 5.78 Å². The molecule has 0 aliphatic heterocycles. The van der Waals surface area contributed by atoms with Gasteiger partial charge in [-0.15, -0.1) is 0 Å². The Morgan fingerprint density at radius 2 is 1.86 bits per heavy atom. The number of para-hydroxylation sites is 3. The molecule has 4 rings (SSSR count). The first-order valence-electron chi connectivity index (χ1n) is 7.07. The van der Waals surface area contributed by atoms with Crippen molar-refractivity contribution in [2.24, 2.45) is 0 Å². The van der Waals surface area contributed by atoms with Gasteiger partial charge in [-0.05, 0) is 37.3 Å². The van der Waals surface area contributed by atoms with Crippen molar-refractivity contribution in [3.63, 3.8) is 0 Å². The second kappa shape index (κ2) is 4.77. The van der Waals surface area contributed by atoms with E-state index in [1.807, 2.05) is 59.2 Å². The van der Waals surface area contributed by atoms with Crippen molar-refractivity contribution in [2.75, 3.05) is 0 Å². The van der Waals surface area contributed by atoms with Crippen LogP contribution in [0.5, 0.6) is 0 Å². The van der Waals surface area contributed by atoms with E-state index in [9.17, 15) is 4.79 Å². The Morgan fingerprint density at radius 3 is 2.73 bits per heavy atom. The summed E-state index contributed by atoms with van der Waals surface area (Å²) in [4.78, 5) is 20.9. The van der Waals surface area contributed by atoms with Gasteiger partial charge in [-0.3, -0.25) is 9.36 Å². The third-order valence-electron chi connectivity index (χ3n) is 3.79. The molecular formula is C18H13N3O. The number of carbonyl (C=O) groups is 1. The van der Waals surface area contributed by atoms with Crippen molar-refractivity contribution < 1.29 is 4.79 Å². The van der Waals surface area contributed by atoms with Gasteiger partial charge in [0.05, 0.1) is 16.6 Å². The quantitative estimate of drug-likeness (QED) is 0.527. The summed E-state index contributed by atoms with van der Waals surface area (Å²) in [5, 5.41) is 0.959. The fourth-order valence-corrected chi connectivity index (χ4v) is 2.70. The van der Waals surface area contributed by atoms with Crippen LogP contribution in [0.15, 0.2) is 60.9 Å². The van der Waals surface area contributed by atoms with Crippen LogP contribution < -0.4 is 0 Å². The molecule has 2 heterocycles. The van der Waals surface area contributed by atoms with Gasteiger partial charge in [0, 0.05) is 10.9 Å². The van der Waals surface area contributed by atoms with Gasteiger partial charge in [-0.1, -0.05) is 24.3 Å². The average molecular weight is 287 g/mol. The molecule has 4 nitrogen and oxygen atoms in total. The lowest BCUT2D eigenvalue weighted by Gasteiger charge is -2.07. The lowest BCUT2D eigenvalue weighted by Crippen LogP contribution is -2.00. The van der Waals surface area contributed by atoms with E-state index < -0.39 is 0 Å². The number of imidazole rings is 1. The van der Waals surface area contributed by atoms with Crippen molar-refractivity contribution in [1.29, 1.82) is 0 Å². The Labute approximate surface area is 127 Å². The standard InChI is InChI=1S/C18H13N3O/c1-12(22)14-6-4-5-13-9-10-17(20-18(13)14)21-11-19-15-7-2-3-8-16(15)21/h2-11H,1H3. The average Bonchev–Trinajstić information content (AvgIpc) is 2.97. The van der Waals surface area contributed by atoms with E-state index in [2.05, 4.69) is 4.98 Å². The summed E-state index contributed by atoms with van der Waals surface area (Å²) < 4.78 is 1.94. The Morgan fingerprint density at radius 1 is 1.00 bits per heavy atom. The van der Waals surface area contributed by atoms with Gasteiger partial charge in [0.2, 0.25) is 0 Å². The SMILES string of the molecule is CC(=O)c1cccc2ccc(-n3cnc4ccccc43)nc12. The summed E-state index contributed by atoms with van der Waals surface area (Å²) in [6.07, 6.45) is 1.76. The van der Waals surface area contributed by atoms with Crippen molar-refractivity contribution in [1.82, 2.24) is 14.5 Å². The molecule has 0 N–H and O–H groups in total. The maximum atomic E-state index is 11.8. The zero-order chi connectivity index (χ0) is 15.1. The number of nitrogens with zero attached hydrogens (tertiary/aromatic N) is 3. The predicted molar refractivity (Wildman–Crippen MR) is 86.4 cm³/mol. The van der Waals surface area contributed by atoms with Crippen molar-refractivity contribution >= 4 is 27.7 Å². The molecule has 0 amide bonds. The van der Waals surface area contributed by atoms with E-state index >= 15 is 0 Å². The van der Waals surface area contributed by atoms with E-state index in [4.69, 9.17) is 4.98 Å². The summed E-state index contributed by atoms with van der Waals surface area (Å²) in [5.41, 5.74) is 3.29. The second-order valence-electron chi connectivity index (χ2n) is 5.21. The monoisotopic (exact) mass is 287 g/mol. The van der Waals surface area contributed by atoms with Crippen LogP contribution in [0, 0.1) is 0 Å². The fraction of sp³-hybridized carbons (Fsp3) is 0.0556. The van der Waals surface area contributed by atoms with Crippen LogP contribution in [0.4, 0.5) is 0 Å². The highest BCUT2D eigenvalue weighted by Gasteiger charge is 2.10. The van der Waals surface area contributed by atoms with Gasteiger partial charge in [-0.25, -0.2) is 9.97 Å². The lowest BCUT2D eigenvalue weighted by atomic mass is 10.1. The first-order chi connectivity index (χ1) is 10.7. The maximum absolute atomic E-state index is 11.8. The van der Waals surface area contributed by atoms with E-state index in [-0.39, 0.29) is 5.78 Å². The van der Waals surface area contributed by atoms with Crippen LogP contribution in [0.2, 0.25) is 0 Å². The molecule has 0 unspecified atom stereocenters. The summed E-state index contributed by atoms with van der Waals surface area (Å²) in [6, 6.07) is 17.5. The number of hydrogen-bond donors (Lipinski definition) is 0. The molecular weight excluding hydrogens is 274 g/mol. The number of aromatic nitrogens is 3. The highest BCUT2D eigenvalue weighted by molar-refractivity contribution is 6.05. The third kappa shape index (κ3) is 1.89. The molecule has 0 aliphatic carbocycles. The van der Waals surface area contributed by atoms with E-state index in [0.717, 1.165) is 27.8 Å². The van der Waals surface area contributed by atoms with Crippen LogP contribution >= 0.6 is 0 Å². The molecule has 0 saturated heterocycles. The minimum atomic E-state index is 0.0192. The molecule has 4 aromatic rings. The second-order valence-corrected chi connectivity index (χ2v) is 5.21. The van der Waals surface area contributed by atoms with E-state index in [1.54, 1.807) is 13.3 Å². The van der Waals surface area contributed by atoms with Crippen LogP contribution in [0.1, 0.15) is 17.3 Å². The number of ketones is 1. The molecule has 106 valence electrons. The third-order valence-corrected chi connectivity index (χ3v) is 3.79. The highest BCUT2D eigenvalue weighted by Crippen LogP contribution is 2.22. The molecule has 0 aliphatic rings. The first-order valence-corrected chi connectivity index (χ1v) is 7.07. The minimum Gasteiger partial charge on any atom is -0.294 e. The number of pyridine rings is 1. The Balaban J connectivity index is 2.00. The van der Waals surface area contributed by atoms with Crippen LogP contribution in [-0.4, -0.2) is 20.3 Å². The molecule has 0 saturated carbocycles. The molecule has 0 spiro atoms. The number of carbonyl (C=O) groups excluding carboxylic acids is 1. The largest absolute Gasteiger partial charge is 0.294 e. The van der Waals surface area contributed by atoms with E-state index in [0.29, 0.717) is 5.56 Å². The number of fused-ring (bicyclic) bond motifs is 2. The van der Waals surface area contributed by atoms with Crippen LogP contribution in [-0.2, 0) is 0 Å². The normalized spacial score (nSPS) is 11.1. The number of hydrogen-bond acceptors (Lipinski definition) is 3. The van der Waals surface area contributed by atoms with Gasteiger partial charge in [0.25, 0.3) is 0 Å². The zero-order valence-corrected chi connectivity index (χ0v) is 12.0. The minimum absolute atomic E-state index is 0.0192. The predicted octanol–water partition coefficient (Wildman–Crippen LogP) is 3.78. The Hall–Kier alpha value is -3.01. The summed E-state index contributed by atoms with van der Waals surface area (Å²) in [5.74, 6) is 0.778. The Kier molecular flexibility index (Phi) is 2.76.